The van der Waals surface area contributed by atoms with E-state index in [0.717, 1.165) is 21.9 Å². The fourth-order valence-electron chi connectivity index (χ4n) is 2.83. The molecule has 0 radical (unpaired) electrons. The minimum Gasteiger partial charge on any atom is -0.507 e. The molecule has 0 unspecified atom stereocenters. The van der Waals surface area contributed by atoms with Gasteiger partial charge in [-0.05, 0) is 51.4 Å². The molecule has 21 heavy (non-hydrogen) atoms. The summed E-state index contributed by atoms with van der Waals surface area (Å²) < 4.78 is 0. The minimum absolute atomic E-state index is 0.323. The molecule has 0 fully saturated rings. The highest BCUT2D eigenvalue weighted by Gasteiger charge is 2.07. The molecule has 0 saturated carbocycles. The Morgan fingerprint density at radius 2 is 1.10 bits per heavy atom. The molecule has 0 aliphatic rings. The Kier molecular flexibility index (Phi) is 2.65. The van der Waals surface area contributed by atoms with E-state index in [9.17, 15) is 5.11 Å². The Labute approximate surface area is 123 Å². The van der Waals surface area contributed by atoms with Gasteiger partial charge in [0.05, 0.1) is 0 Å². The van der Waals surface area contributed by atoms with Crippen LogP contribution >= 0.6 is 0 Å². The average Bonchev–Trinajstić information content (AvgIpc) is 2.53. The van der Waals surface area contributed by atoms with Crippen molar-refractivity contribution < 1.29 is 5.11 Å². The van der Waals surface area contributed by atoms with Gasteiger partial charge in [-0.15, -0.1) is 0 Å². The van der Waals surface area contributed by atoms with E-state index in [4.69, 9.17) is 0 Å². The molecule has 0 amide bonds. The van der Waals surface area contributed by atoms with Gasteiger partial charge in [-0.1, -0.05) is 54.6 Å². The van der Waals surface area contributed by atoms with Gasteiger partial charge in [-0.2, -0.15) is 0 Å². The number of fused-ring (bicyclic) bond motifs is 2. The molecule has 1 heteroatoms. The van der Waals surface area contributed by atoms with Crippen LogP contribution in [0, 0.1) is 0 Å². The van der Waals surface area contributed by atoms with E-state index in [2.05, 4.69) is 30.3 Å². The van der Waals surface area contributed by atoms with Crippen molar-refractivity contribution in [2.75, 3.05) is 0 Å². The predicted molar refractivity (Wildman–Crippen MR) is 88.6 cm³/mol. The Morgan fingerprint density at radius 1 is 0.524 bits per heavy atom. The maximum absolute atomic E-state index is 10.3. The van der Waals surface area contributed by atoms with E-state index in [0.29, 0.717) is 5.75 Å². The van der Waals surface area contributed by atoms with Crippen LogP contribution in [0.1, 0.15) is 0 Å². The third-order valence-corrected chi connectivity index (χ3v) is 3.90. The molecule has 0 heterocycles. The number of benzene rings is 4. The number of phenolic OH excluding ortho intramolecular Hbond substituents is 1. The summed E-state index contributed by atoms with van der Waals surface area (Å²) in [6.45, 7) is 0. The Bertz CT molecular complexity index is 940. The lowest BCUT2D eigenvalue weighted by Crippen LogP contribution is -1.82. The van der Waals surface area contributed by atoms with Crippen LogP contribution in [-0.4, -0.2) is 5.11 Å². The van der Waals surface area contributed by atoms with Gasteiger partial charge in [0.2, 0.25) is 0 Å². The van der Waals surface area contributed by atoms with Crippen molar-refractivity contribution in [1.82, 2.24) is 0 Å². The minimum atomic E-state index is 0.323. The summed E-state index contributed by atoms with van der Waals surface area (Å²) >= 11 is 0. The second-order valence-electron chi connectivity index (χ2n) is 5.28. The highest BCUT2D eigenvalue weighted by molar-refractivity contribution is 6.00. The summed E-state index contributed by atoms with van der Waals surface area (Å²) in [6.07, 6.45) is 0. The first-order valence-corrected chi connectivity index (χ1v) is 7.02. The molecule has 4 aromatic carbocycles. The quantitative estimate of drug-likeness (QED) is 0.461. The lowest BCUT2D eigenvalue weighted by Gasteiger charge is -2.08. The fourth-order valence-corrected chi connectivity index (χ4v) is 2.83. The highest BCUT2D eigenvalue weighted by Crippen LogP contribution is 2.34. The lowest BCUT2D eigenvalue weighted by atomic mass is 9.98. The first kappa shape index (κ1) is 12.0. The molecule has 0 spiro atoms. The van der Waals surface area contributed by atoms with Crippen molar-refractivity contribution in [2.45, 2.75) is 0 Å². The van der Waals surface area contributed by atoms with Crippen LogP contribution in [0.4, 0.5) is 0 Å². The van der Waals surface area contributed by atoms with Gasteiger partial charge in [-0.3, -0.25) is 0 Å². The standard InChI is InChI=1S/C20H14O/c21-20-13-18-11-16-9-5-4-8-15(16)10-17(18)12-19(20)14-6-2-1-3-7-14/h1-13,21H. The van der Waals surface area contributed by atoms with E-state index in [1.165, 1.54) is 10.8 Å². The van der Waals surface area contributed by atoms with Crippen molar-refractivity contribution in [3.05, 3.63) is 78.9 Å². The van der Waals surface area contributed by atoms with E-state index in [1.807, 2.05) is 48.5 Å². The third-order valence-electron chi connectivity index (χ3n) is 3.90. The van der Waals surface area contributed by atoms with E-state index >= 15 is 0 Å². The molecule has 1 nitrogen and oxygen atoms in total. The number of hydrogen-bond acceptors (Lipinski definition) is 1. The summed E-state index contributed by atoms with van der Waals surface area (Å²) in [6, 6.07) is 26.5. The summed E-state index contributed by atoms with van der Waals surface area (Å²) in [5, 5.41) is 14.9. The van der Waals surface area contributed by atoms with E-state index in [-0.39, 0.29) is 0 Å². The van der Waals surface area contributed by atoms with Crippen molar-refractivity contribution in [2.24, 2.45) is 0 Å². The molecule has 4 rings (SSSR count). The van der Waals surface area contributed by atoms with Gasteiger partial charge >= 0.3 is 0 Å². The number of phenols is 1. The average molecular weight is 270 g/mol. The molecule has 0 atom stereocenters. The Morgan fingerprint density at radius 3 is 1.76 bits per heavy atom. The second-order valence-corrected chi connectivity index (χ2v) is 5.28. The second kappa shape index (κ2) is 4.64. The van der Waals surface area contributed by atoms with Gasteiger partial charge in [0, 0.05) is 5.56 Å². The molecule has 0 aromatic heterocycles. The molecule has 1 N–H and O–H groups in total. The first-order valence-electron chi connectivity index (χ1n) is 7.02. The molecule has 0 saturated heterocycles. The summed E-state index contributed by atoms with van der Waals surface area (Å²) in [4.78, 5) is 0. The molecule has 100 valence electrons. The monoisotopic (exact) mass is 270 g/mol. The van der Waals surface area contributed by atoms with Crippen molar-refractivity contribution in [1.29, 1.82) is 0 Å². The maximum atomic E-state index is 10.3. The lowest BCUT2D eigenvalue weighted by molar-refractivity contribution is 0.478. The van der Waals surface area contributed by atoms with E-state index < -0.39 is 0 Å². The van der Waals surface area contributed by atoms with Gasteiger partial charge < -0.3 is 5.11 Å². The zero-order chi connectivity index (χ0) is 14.2. The van der Waals surface area contributed by atoms with E-state index in [1.54, 1.807) is 0 Å². The Balaban J connectivity index is 2.02. The van der Waals surface area contributed by atoms with Gasteiger partial charge in [0.1, 0.15) is 5.75 Å². The van der Waals surface area contributed by atoms with Gasteiger partial charge in [0.15, 0.2) is 0 Å². The number of hydrogen-bond donors (Lipinski definition) is 1. The van der Waals surface area contributed by atoms with Crippen molar-refractivity contribution >= 4 is 21.5 Å². The van der Waals surface area contributed by atoms with Crippen LogP contribution in [0.15, 0.2) is 78.9 Å². The van der Waals surface area contributed by atoms with Crippen LogP contribution in [-0.2, 0) is 0 Å². The zero-order valence-corrected chi connectivity index (χ0v) is 11.5. The summed E-state index contributed by atoms with van der Waals surface area (Å²) in [5.74, 6) is 0.323. The highest BCUT2D eigenvalue weighted by atomic mass is 16.3. The number of rotatable bonds is 1. The van der Waals surface area contributed by atoms with Crippen molar-refractivity contribution in [3.8, 4) is 16.9 Å². The predicted octanol–water partition coefficient (Wildman–Crippen LogP) is 5.37. The van der Waals surface area contributed by atoms with Gasteiger partial charge in [0.25, 0.3) is 0 Å². The first-order chi connectivity index (χ1) is 10.3. The van der Waals surface area contributed by atoms with Crippen LogP contribution in [0.2, 0.25) is 0 Å². The normalized spacial score (nSPS) is 11.0. The van der Waals surface area contributed by atoms with Crippen molar-refractivity contribution in [3.63, 3.8) is 0 Å². The molecular formula is C20H14O. The topological polar surface area (TPSA) is 20.2 Å². The largest absolute Gasteiger partial charge is 0.507 e. The van der Waals surface area contributed by atoms with Crippen LogP contribution in [0.3, 0.4) is 0 Å². The third kappa shape index (κ3) is 2.03. The summed E-state index contributed by atoms with van der Waals surface area (Å²) in [5.41, 5.74) is 1.91. The SMILES string of the molecule is Oc1cc2cc3ccccc3cc2cc1-c1ccccc1. The fraction of sp³-hybridized carbons (Fsp3) is 0. The smallest absolute Gasteiger partial charge is 0.124 e. The molecule has 4 aromatic rings. The molecule has 0 bridgehead atoms. The molecular weight excluding hydrogens is 256 g/mol. The van der Waals surface area contributed by atoms with Crippen LogP contribution in [0.25, 0.3) is 32.7 Å². The summed E-state index contributed by atoms with van der Waals surface area (Å²) in [7, 11) is 0. The van der Waals surface area contributed by atoms with Crippen LogP contribution < -0.4 is 0 Å². The molecule has 0 aliphatic heterocycles. The van der Waals surface area contributed by atoms with Gasteiger partial charge in [-0.25, -0.2) is 0 Å². The Hall–Kier alpha value is -2.80. The zero-order valence-electron chi connectivity index (χ0n) is 11.5. The van der Waals surface area contributed by atoms with Crippen LogP contribution in [0.5, 0.6) is 5.75 Å². The maximum Gasteiger partial charge on any atom is 0.124 e. The number of aromatic hydroxyl groups is 1. The molecule has 0 aliphatic carbocycles.